The highest BCUT2D eigenvalue weighted by molar-refractivity contribution is 5.96. The first kappa shape index (κ1) is 19.7. The second-order valence-electron chi connectivity index (χ2n) is 6.83. The average molecular weight is 381 g/mol. The minimum absolute atomic E-state index is 0.171. The Bertz CT molecular complexity index is 862. The van der Waals surface area contributed by atoms with Crippen molar-refractivity contribution >= 4 is 11.8 Å². The molecule has 1 heterocycles. The van der Waals surface area contributed by atoms with E-state index in [-0.39, 0.29) is 35.6 Å². The molecule has 2 amide bonds. The molecule has 0 saturated heterocycles. The molecule has 5 nitrogen and oxygen atoms in total. The van der Waals surface area contributed by atoms with Gasteiger partial charge in [0.05, 0.1) is 0 Å². The van der Waals surface area contributed by atoms with Gasteiger partial charge in [-0.3, -0.25) is 9.59 Å². The largest absolute Gasteiger partial charge is 0.350 e. The van der Waals surface area contributed by atoms with Gasteiger partial charge in [-0.15, -0.1) is 0 Å². The molecule has 2 N–H and O–H groups in total. The topological polar surface area (TPSA) is 71.1 Å². The Balaban J connectivity index is 1.51. The molecule has 1 aliphatic carbocycles. The van der Waals surface area contributed by atoms with Crippen LogP contribution in [0.25, 0.3) is 0 Å². The van der Waals surface area contributed by atoms with Crippen molar-refractivity contribution < 1.29 is 14.0 Å². The number of carbonyl (C=O) groups excluding carboxylic acids is 2. The lowest BCUT2D eigenvalue weighted by molar-refractivity contribution is 0.0943. The fourth-order valence-electron chi connectivity index (χ4n) is 3.12. The molecule has 1 aromatic carbocycles. The summed E-state index contributed by atoms with van der Waals surface area (Å²) in [4.78, 5) is 28.8. The van der Waals surface area contributed by atoms with Crippen molar-refractivity contribution in [2.45, 2.75) is 38.6 Å². The van der Waals surface area contributed by atoms with Gasteiger partial charge in [-0.2, -0.15) is 0 Å². The molecular weight excluding hydrogens is 357 g/mol. The number of allylic oxidation sites excluding steroid dienone is 1. The third-order valence-electron chi connectivity index (χ3n) is 4.70. The van der Waals surface area contributed by atoms with E-state index in [0.29, 0.717) is 6.54 Å². The average Bonchev–Trinajstić information content (AvgIpc) is 2.74. The maximum Gasteiger partial charge on any atom is 0.270 e. The molecule has 0 unspecified atom stereocenters. The Kier molecular flexibility index (Phi) is 6.89. The van der Waals surface area contributed by atoms with Gasteiger partial charge in [0, 0.05) is 13.1 Å². The summed E-state index contributed by atoms with van der Waals surface area (Å²) in [5.74, 6) is -0.994. The molecule has 0 spiro atoms. The van der Waals surface area contributed by atoms with Crippen LogP contribution in [0.15, 0.2) is 54.1 Å². The smallest absolute Gasteiger partial charge is 0.270 e. The lowest BCUT2D eigenvalue weighted by Gasteiger charge is -2.13. The van der Waals surface area contributed by atoms with E-state index in [1.807, 2.05) is 0 Å². The Morgan fingerprint density at radius 2 is 1.68 bits per heavy atom. The second kappa shape index (κ2) is 9.78. The summed E-state index contributed by atoms with van der Waals surface area (Å²) in [5.41, 5.74) is 2.56. The molecule has 0 saturated carbocycles. The molecule has 1 aliphatic rings. The number of nitrogens with zero attached hydrogens (tertiary/aromatic N) is 1. The number of pyridine rings is 1. The van der Waals surface area contributed by atoms with Gasteiger partial charge < -0.3 is 10.6 Å². The molecular formula is C22H24FN3O2. The fourth-order valence-corrected chi connectivity index (χ4v) is 3.12. The van der Waals surface area contributed by atoms with Crippen LogP contribution in [0.2, 0.25) is 0 Å². The van der Waals surface area contributed by atoms with E-state index in [1.54, 1.807) is 30.3 Å². The van der Waals surface area contributed by atoms with Crippen LogP contribution in [0.3, 0.4) is 0 Å². The standard InChI is InChI=1S/C22H24FN3O2/c23-18-11-9-17(10-12-18)15-25-22(28)20-8-4-7-19(26-20)21(27)24-14-13-16-5-2-1-3-6-16/h4-5,7-12H,1-3,6,13-15H2,(H,24,27)(H,25,28). The van der Waals surface area contributed by atoms with Crippen LogP contribution < -0.4 is 10.6 Å². The highest BCUT2D eigenvalue weighted by Gasteiger charge is 2.12. The van der Waals surface area contributed by atoms with Crippen LogP contribution in [0, 0.1) is 5.82 Å². The Hall–Kier alpha value is -3.02. The summed E-state index contributed by atoms with van der Waals surface area (Å²) >= 11 is 0. The summed E-state index contributed by atoms with van der Waals surface area (Å²) in [6.07, 6.45) is 7.81. The molecule has 0 bridgehead atoms. The molecule has 28 heavy (non-hydrogen) atoms. The predicted octanol–water partition coefficient (Wildman–Crippen LogP) is 3.77. The second-order valence-corrected chi connectivity index (χ2v) is 6.83. The number of rotatable bonds is 7. The summed E-state index contributed by atoms with van der Waals surface area (Å²) in [7, 11) is 0. The molecule has 1 aromatic heterocycles. The Morgan fingerprint density at radius 1 is 0.964 bits per heavy atom. The van der Waals surface area contributed by atoms with Crippen LogP contribution in [0.5, 0.6) is 0 Å². The number of halogens is 1. The lowest BCUT2D eigenvalue weighted by atomic mass is 9.97. The van der Waals surface area contributed by atoms with Gasteiger partial charge in [0.2, 0.25) is 0 Å². The van der Waals surface area contributed by atoms with Crippen molar-refractivity contribution in [2.75, 3.05) is 6.54 Å². The first-order chi connectivity index (χ1) is 13.6. The maximum absolute atomic E-state index is 12.9. The van der Waals surface area contributed by atoms with Crippen LogP contribution >= 0.6 is 0 Å². The van der Waals surface area contributed by atoms with Gasteiger partial charge in [0.15, 0.2) is 0 Å². The molecule has 0 fully saturated rings. The summed E-state index contributed by atoms with van der Waals surface area (Å²) in [6.45, 7) is 0.819. The zero-order valence-electron chi connectivity index (χ0n) is 15.7. The number of nitrogens with one attached hydrogen (secondary N) is 2. The highest BCUT2D eigenvalue weighted by Crippen LogP contribution is 2.19. The van der Waals surface area contributed by atoms with E-state index in [2.05, 4.69) is 21.7 Å². The quantitative estimate of drug-likeness (QED) is 0.717. The number of carbonyl (C=O) groups is 2. The summed E-state index contributed by atoms with van der Waals surface area (Å²) < 4.78 is 12.9. The highest BCUT2D eigenvalue weighted by atomic mass is 19.1. The van der Waals surface area contributed by atoms with Crippen molar-refractivity contribution in [3.8, 4) is 0 Å². The third kappa shape index (κ3) is 5.74. The first-order valence-corrected chi connectivity index (χ1v) is 9.57. The van der Waals surface area contributed by atoms with E-state index in [1.165, 1.54) is 30.5 Å². The number of benzene rings is 1. The molecule has 146 valence electrons. The van der Waals surface area contributed by atoms with Crippen molar-refractivity contribution in [3.63, 3.8) is 0 Å². The van der Waals surface area contributed by atoms with E-state index < -0.39 is 0 Å². The monoisotopic (exact) mass is 381 g/mol. The molecule has 0 radical (unpaired) electrons. The Labute approximate surface area is 164 Å². The third-order valence-corrected chi connectivity index (χ3v) is 4.70. The number of aromatic nitrogens is 1. The summed E-state index contributed by atoms with van der Waals surface area (Å²) in [5, 5.41) is 5.59. The SMILES string of the molecule is O=C(NCCC1=CCCCC1)c1cccc(C(=O)NCc2ccc(F)cc2)n1. The number of hydrogen-bond donors (Lipinski definition) is 2. The van der Waals surface area contributed by atoms with Crippen LogP contribution in [-0.2, 0) is 6.54 Å². The first-order valence-electron chi connectivity index (χ1n) is 9.57. The van der Waals surface area contributed by atoms with E-state index in [0.717, 1.165) is 24.8 Å². The van der Waals surface area contributed by atoms with Gasteiger partial charge in [0.25, 0.3) is 11.8 Å². The predicted molar refractivity (Wildman–Crippen MR) is 105 cm³/mol. The zero-order valence-corrected chi connectivity index (χ0v) is 15.7. The van der Waals surface area contributed by atoms with E-state index in [4.69, 9.17) is 0 Å². The van der Waals surface area contributed by atoms with Crippen molar-refractivity contribution in [3.05, 3.63) is 76.9 Å². The lowest BCUT2D eigenvalue weighted by Crippen LogP contribution is -2.28. The Morgan fingerprint density at radius 3 is 2.36 bits per heavy atom. The van der Waals surface area contributed by atoms with E-state index >= 15 is 0 Å². The van der Waals surface area contributed by atoms with Crippen molar-refractivity contribution in [1.29, 1.82) is 0 Å². The normalized spacial score (nSPS) is 13.5. The number of amides is 2. The summed E-state index contributed by atoms with van der Waals surface area (Å²) in [6, 6.07) is 10.7. The van der Waals surface area contributed by atoms with Crippen LogP contribution in [-0.4, -0.2) is 23.3 Å². The van der Waals surface area contributed by atoms with E-state index in [9.17, 15) is 14.0 Å². The van der Waals surface area contributed by atoms with Crippen LogP contribution in [0.4, 0.5) is 4.39 Å². The minimum Gasteiger partial charge on any atom is -0.350 e. The van der Waals surface area contributed by atoms with Crippen molar-refractivity contribution in [1.82, 2.24) is 15.6 Å². The van der Waals surface area contributed by atoms with Gasteiger partial charge in [-0.25, -0.2) is 9.37 Å². The molecule has 2 aromatic rings. The molecule has 3 rings (SSSR count). The maximum atomic E-state index is 12.9. The van der Waals surface area contributed by atoms with Crippen LogP contribution in [0.1, 0.15) is 58.6 Å². The van der Waals surface area contributed by atoms with Crippen molar-refractivity contribution in [2.24, 2.45) is 0 Å². The van der Waals surface area contributed by atoms with Gasteiger partial charge in [-0.1, -0.05) is 29.8 Å². The molecule has 6 heteroatoms. The van der Waals surface area contributed by atoms with Gasteiger partial charge in [-0.05, 0) is 61.9 Å². The number of hydrogen-bond acceptors (Lipinski definition) is 3. The zero-order chi connectivity index (χ0) is 19.8. The van der Waals surface area contributed by atoms with Gasteiger partial charge >= 0.3 is 0 Å². The molecule has 0 atom stereocenters. The van der Waals surface area contributed by atoms with Gasteiger partial charge in [0.1, 0.15) is 17.2 Å². The fraction of sp³-hybridized carbons (Fsp3) is 0.318. The minimum atomic E-state index is -0.383. The molecule has 0 aliphatic heterocycles.